The number of benzene rings is 2. The van der Waals surface area contributed by atoms with E-state index < -0.39 is 0 Å². The van der Waals surface area contributed by atoms with Crippen LogP contribution in [0.5, 0.6) is 11.5 Å². The summed E-state index contributed by atoms with van der Waals surface area (Å²) in [7, 11) is 0. The quantitative estimate of drug-likeness (QED) is 0.828. The summed E-state index contributed by atoms with van der Waals surface area (Å²) in [6, 6.07) is 13.1. The number of amides is 2. The molecule has 0 unspecified atom stereocenters. The van der Waals surface area contributed by atoms with Crippen molar-refractivity contribution in [1.82, 2.24) is 4.90 Å². The molecule has 26 heavy (non-hydrogen) atoms. The van der Waals surface area contributed by atoms with E-state index in [1.165, 1.54) is 4.90 Å². The van der Waals surface area contributed by atoms with Crippen molar-refractivity contribution >= 4 is 34.7 Å². The summed E-state index contributed by atoms with van der Waals surface area (Å²) in [4.78, 5) is 26.4. The molecule has 2 heterocycles. The maximum absolute atomic E-state index is 12.6. The zero-order chi connectivity index (χ0) is 18.1. The maximum Gasteiger partial charge on any atom is 0.295 e. The van der Waals surface area contributed by atoms with Gasteiger partial charge in [0, 0.05) is 5.69 Å². The lowest BCUT2D eigenvalue weighted by Gasteiger charge is -2.15. The third-order valence-corrected chi connectivity index (χ3v) is 5.05. The lowest BCUT2D eigenvalue weighted by Crippen LogP contribution is -2.33. The van der Waals surface area contributed by atoms with E-state index in [1.807, 2.05) is 37.3 Å². The molecule has 6 nitrogen and oxygen atoms in total. The first-order valence-electron chi connectivity index (χ1n) is 8.06. The standard InChI is InChI=1S/C19H16N2O4S/c1-12-4-2-3-5-14(12)20-10-21-18(22)17(26-19(21)23)9-13-6-7-15-16(8-13)25-11-24-15/h2-9,20H,10-11H2,1H3/b17-9-. The number of nitrogens with zero attached hydrogens (tertiary/aromatic N) is 1. The van der Waals surface area contributed by atoms with E-state index in [2.05, 4.69) is 5.32 Å². The van der Waals surface area contributed by atoms with Gasteiger partial charge in [-0.1, -0.05) is 24.3 Å². The Hall–Kier alpha value is -2.93. The highest BCUT2D eigenvalue weighted by Crippen LogP contribution is 2.36. The normalized spacial score (nSPS) is 17.3. The molecule has 0 spiro atoms. The van der Waals surface area contributed by atoms with Crippen LogP contribution in [0.4, 0.5) is 10.5 Å². The van der Waals surface area contributed by atoms with Crippen molar-refractivity contribution in [3.63, 3.8) is 0 Å². The lowest BCUT2D eigenvalue weighted by molar-refractivity contribution is -0.122. The van der Waals surface area contributed by atoms with E-state index in [0.29, 0.717) is 16.4 Å². The van der Waals surface area contributed by atoms with Gasteiger partial charge in [-0.2, -0.15) is 0 Å². The minimum absolute atomic E-state index is 0.133. The zero-order valence-electron chi connectivity index (χ0n) is 14.0. The topological polar surface area (TPSA) is 67.9 Å². The van der Waals surface area contributed by atoms with E-state index in [4.69, 9.17) is 9.47 Å². The number of carbonyl (C=O) groups excluding carboxylic acids is 2. The largest absolute Gasteiger partial charge is 0.454 e. The molecule has 2 aliphatic rings. The van der Waals surface area contributed by atoms with Crippen molar-refractivity contribution in [3.05, 3.63) is 58.5 Å². The molecule has 1 saturated heterocycles. The number of anilines is 1. The highest BCUT2D eigenvalue weighted by atomic mass is 32.2. The SMILES string of the molecule is Cc1ccccc1NCN1C(=O)S/C(=C\c2ccc3c(c2)OCO3)C1=O. The Kier molecular flexibility index (Phi) is 4.30. The van der Waals surface area contributed by atoms with Crippen LogP contribution in [0.25, 0.3) is 6.08 Å². The smallest absolute Gasteiger partial charge is 0.295 e. The first kappa shape index (κ1) is 16.5. The van der Waals surface area contributed by atoms with Crippen LogP contribution in [0.1, 0.15) is 11.1 Å². The molecule has 0 radical (unpaired) electrons. The van der Waals surface area contributed by atoms with E-state index in [0.717, 1.165) is 28.6 Å². The second kappa shape index (κ2) is 6.76. The minimum Gasteiger partial charge on any atom is -0.454 e. The first-order valence-corrected chi connectivity index (χ1v) is 8.88. The van der Waals surface area contributed by atoms with E-state index >= 15 is 0 Å². The number of rotatable bonds is 4. The highest BCUT2D eigenvalue weighted by molar-refractivity contribution is 8.18. The van der Waals surface area contributed by atoms with Gasteiger partial charge < -0.3 is 14.8 Å². The number of carbonyl (C=O) groups is 2. The Morgan fingerprint density at radius 1 is 1.15 bits per heavy atom. The van der Waals surface area contributed by atoms with Gasteiger partial charge in [-0.25, -0.2) is 0 Å². The highest BCUT2D eigenvalue weighted by Gasteiger charge is 2.35. The second-order valence-corrected chi connectivity index (χ2v) is 6.87. The van der Waals surface area contributed by atoms with Gasteiger partial charge in [0.15, 0.2) is 11.5 Å². The third-order valence-electron chi connectivity index (χ3n) is 4.14. The number of fused-ring (bicyclic) bond motifs is 1. The Morgan fingerprint density at radius 2 is 1.96 bits per heavy atom. The summed E-state index contributed by atoms with van der Waals surface area (Å²) in [6.45, 7) is 2.30. The summed E-state index contributed by atoms with van der Waals surface area (Å²) in [5.41, 5.74) is 2.73. The Labute approximate surface area is 154 Å². The van der Waals surface area contributed by atoms with Crippen LogP contribution < -0.4 is 14.8 Å². The average Bonchev–Trinajstić information content (AvgIpc) is 3.19. The van der Waals surface area contributed by atoms with Crippen LogP contribution in [0.2, 0.25) is 0 Å². The molecule has 132 valence electrons. The lowest BCUT2D eigenvalue weighted by atomic mass is 10.2. The van der Waals surface area contributed by atoms with E-state index in [9.17, 15) is 9.59 Å². The van der Waals surface area contributed by atoms with Gasteiger partial charge in [-0.15, -0.1) is 0 Å². The molecule has 0 bridgehead atoms. The van der Waals surface area contributed by atoms with E-state index in [1.54, 1.807) is 18.2 Å². The fourth-order valence-corrected chi connectivity index (χ4v) is 3.56. The second-order valence-electron chi connectivity index (χ2n) is 5.87. The predicted octanol–water partition coefficient (Wildman–Crippen LogP) is 3.83. The molecule has 0 saturated carbocycles. The summed E-state index contributed by atoms with van der Waals surface area (Å²) < 4.78 is 10.6. The molecular weight excluding hydrogens is 352 g/mol. The van der Waals surface area contributed by atoms with Gasteiger partial charge in [0.25, 0.3) is 11.1 Å². The molecular formula is C19H16N2O4S. The maximum atomic E-state index is 12.6. The fraction of sp³-hybridized carbons (Fsp3) is 0.158. The van der Waals surface area contributed by atoms with Gasteiger partial charge in [-0.05, 0) is 54.1 Å². The number of aryl methyl sites for hydroxylation is 1. The van der Waals surface area contributed by atoms with Crippen LogP contribution in [0, 0.1) is 6.92 Å². The predicted molar refractivity (Wildman–Crippen MR) is 100 cm³/mol. The Morgan fingerprint density at radius 3 is 2.81 bits per heavy atom. The summed E-state index contributed by atoms with van der Waals surface area (Å²) >= 11 is 0.936. The van der Waals surface area contributed by atoms with Crippen LogP contribution in [-0.4, -0.2) is 29.5 Å². The van der Waals surface area contributed by atoms with Crippen molar-refractivity contribution in [3.8, 4) is 11.5 Å². The number of hydrogen-bond acceptors (Lipinski definition) is 6. The van der Waals surface area contributed by atoms with Gasteiger partial charge in [-0.3, -0.25) is 14.5 Å². The van der Waals surface area contributed by atoms with Crippen molar-refractivity contribution in [2.24, 2.45) is 0 Å². The van der Waals surface area contributed by atoms with Crippen LogP contribution >= 0.6 is 11.8 Å². The van der Waals surface area contributed by atoms with Crippen LogP contribution in [0.15, 0.2) is 47.4 Å². The average molecular weight is 368 g/mol. The number of ether oxygens (including phenoxy) is 2. The summed E-state index contributed by atoms with van der Waals surface area (Å²) in [5.74, 6) is 1.01. The third kappa shape index (κ3) is 3.13. The molecule has 2 aromatic rings. The van der Waals surface area contributed by atoms with Gasteiger partial charge in [0.05, 0.1) is 11.6 Å². The first-order chi connectivity index (χ1) is 12.6. The molecule has 2 aromatic carbocycles. The summed E-state index contributed by atoms with van der Waals surface area (Å²) in [5, 5.41) is 2.85. The number of thioether (sulfide) groups is 1. The zero-order valence-corrected chi connectivity index (χ0v) is 14.8. The molecule has 4 rings (SSSR count). The number of nitrogens with one attached hydrogen (secondary N) is 1. The monoisotopic (exact) mass is 368 g/mol. The molecule has 2 amide bonds. The fourth-order valence-electron chi connectivity index (χ4n) is 2.73. The Balaban J connectivity index is 1.49. The van der Waals surface area contributed by atoms with Gasteiger partial charge >= 0.3 is 0 Å². The van der Waals surface area contributed by atoms with Crippen molar-refractivity contribution in [2.45, 2.75) is 6.92 Å². The van der Waals surface area contributed by atoms with Crippen molar-refractivity contribution < 1.29 is 19.1 Å². The molecule has 0 atom stereocenters. The molecule has 2 aliphatic heterocycles. The molecule has 0 aromatic heterocycles. The molecule has 0 aliphatic carbocycles. The molecule has 1 fully saturated rings. The number of para-hydroxylation sites is 1. The van der Waals surface area contributed by atoms with Gasteiger partial charge in [0.2, 0.25) is 6.79 Å². The van der Waals surface area contributed by atoms with Crippen molar-refractivity contribution in [1.29, 1.82) is 0 Å². The van der Waals surface area contributed by atoms with Crippen LogP contribution in [0.3, 0.4) is 0 Å². The van der Waals surface area contributed by atoms with E-state index in [-0.39, 0.29) is 24.6 Å². The van der Waals surface area contributed by atoms with Crippen LogP contribution in [-0.2, 0) is 4.79 Å². The Bertz CT molecular complexity index is 926. The molecule has 1 N–H and O–H groups in total. The van der Waals surface area contributed by atoms with Crippen molar-refractivity contribution in [2.75, 3.05) is 18.8 Å². The minimum atomic E-state index is -0.307. The number of hydrogen-bond donors (Lipinski definition) is 1. The number of imide groups is 1. The van der Waals surface area contributed by atoms with Gasteiger partial charge in [0.1, 0.15) is 0 Å². The molecule has 7 heteroatoms. The summed E-state index contributed by atoms with van der Waals surface area (Å²) in [6.07, 6.45) is 1.70.